The van der Waals surface area contributed by atoms with E-state index in [-0.39, 0.29) is 57.4 Å². The first-order chi connectivity index (χ1) is 35.3. The average molecular weight is 1010 g/mol. The van der Waals surface area contributed by atoms with E-state index < -0.39 is 17.2 Å². The summed E-state index contributed by atoms with van der Waals surface area (Å²) in [6.45, 7) is 12.3. The number of halogens is 3. The molecule has 3 saturated heterocycles. The molecule has 3 aromatic carbocycles. The first-order valence-electron chi connectivity index (χ1n) is 26.3. The van der Waals surface area contributed by atoms with Gasteiger partial charge in [-0.05, 0) is 137 Å². The number of terminal acetylenes is 1. The van der Waals surface area contributed by atoms with Crippen molar-refractivity contribution < 1.29 is 28.5 Å². The van der Waals surface area contributed by atoms with E-state index in [0.29, 0.717) is 65.3 Å². The summed E-state index contributed by atoms with van der Waals surface area (Å²) >= 11 is 6.56. The molecule has 16 heteroatoms. The average Bonchev–Trinajstić information content (AvgIpc) is 4.17. The van der Waals surface area contributed by atoms with Crippen molar-refractivity contribution in [2.75, 3.05) is 95.1 Å². The van der Waals surface area contributed by atoms with Gasteiger partial charge in [0.25, 0.3) is 5.91 Å². The van der Waals surface area contributed by atoms with Crippen molar-refractivity contribution in [2.24, 2.45) is 16.7 Å². The van der Waals surface area contributed by atoms with E-state index in [1.54, 1.807) is 6.92 Å². The predicted octanol–water partition coefficient (Wildman–Crippen LogP) is 8.98. The highest BCUT2D eigenvalue weighted by Crippen LogP contribution is 2.49. The number of β-amino-alcohol motifs (C(OH)–C–C–N with tert-alkyl or cyclic N) is 1. The van der Waals surface area contributed by atoms with Crippen LogP contribution >= 0.6 is 11.6 Å². The minimum Gasteiger partial charge on any atom is -0.508 e. The van der Waals surface area contributed by atoms with Crippen LogP contribution in [0.5, 0.6) is 11.8 Å². The number of likely N-dealkylation sites (tertiary alicyclic amines) is 1. The molecule has 1 atom stereocenters. The number of amides is 1. The summed E-state index contributed by atoms with van der Waals surface area (Å²) in [5, 5.41) is 26.8. The van der Waals surface area contributed by atoms with E-state index in [2.05, 4.69) is 37.1 Å². The largest absolute Gasteiger partial charge is 0.508 e. The Labute approximate surface area is 431 Å². The van der Waals surface area contributed by atoms with Crippen LogP contribution in [0.1, 0.15) is 93.5 Å². The number of fused-ring (bicyclic) bond motifs is 2. The lowest BCUT2D eigenvalue weighted by atomic mass is 9.65. The van der Waals surface area contributed by atoms with Crippen LogP contribution in [0, 0.1) is 40.7 Å². The molecule has 13 nitrogen and oxygen atoms in total. The maximum absolute atomic E-state index is 17.1. The van der Waals surface area contributed by atoms with Crippen molar-refractivity contribution in [1.82, 2.24) is 35.0 Å². The van der Waals surface area contributed by atoms with Crippen LogP contribution in [0.25, 0.3) is 32.9 Å². The van der Waals surface area contributed by atoms with Crippen LogP contribution in [0.3, 0.4) is 0 Å². The number of aliphatic hydroxyl groups is 1. The molecule has 2 aromatic heterocycles. The minimum absolute atomic E-state index is 0.0263. The fourth-order valence-electron chi connectivity index (χ4n) is 12.4. The van der Waals surface area contributed by atoms with E-state index in [9.17, 15) is 15.0 Å². The fraction of sp³-hybridized carbons (Fsp3) is 0.509. The molecule has 73 heavy (non-hydrogen) atoms. The van der Waals surface area contributed by atoms with E-state index >= 15 is 8.78 Å². The quantitative estimate of drug-likeness (QED) is 0.103. The summed E-state index contributed by atoms with van der Waals surface area (Å²) in [5.74, 6) is 2.10. The van der Waals surface area contributed by atoms with Crippen molar-refractivity contribution in [3.05, 3.63) is 88.7 Å². The number of carbonyl (C=O) groups is 1. The van der Waals surface area contributed by atoms with Crippen LogP contribution < -0.4 is 19.9 Å². The number of aromatic hydroxyl groups is 1. The van der Waals surface area contributed by atoms with Gasteiger partial charge in [0.15, 0.2) is 5.82 Å². The number of nitrogens with zero attached hydrogens (tertiary/aromatic N) is 8. The molecular weight excluding hydrogens is 948 g/mol. The van der Waals surface area contributed by atoms with Gasteiger partial charge in [0, 0.05) is 99.8 Å². The zero-order chi connectivity index (χ0) is 50.5. The topological polar surface area (TPSA) is 134 Å². The number of phenolic OH excluding ortho intramolecular Hbond substituents is 1. The van der Waals surface area contributed by atoms with Crippen LogP contribution in [0.4, 0.5) is 20.3 Å². The van der Waals surface area contributed by atoms with E-state index in [4.69, 9.17) is 27.7 Å². The van der Waals surface area contributed by atoms with Crippen LogP contribution in [0.15, 0.2) is 60.9 Å². The Morgan fingerprint density at radius 2 is 1.74 bits per heavy atom. The molecule has 384 valence electrons. The number of aromatic nitrogens is 3. The molecule has 0 bridgehead atoms. The Morgan fingerprint density at radius 3 is 2.47 bits per heavy atom. The fourth-order valence-corrected chi connectivity index (χ4v) is 12.6. The highest BCUT2D eigenvalue weighted by molar-refractivity contribution is 6.33. The molecule has 3 N–H and O–H groups in total. The number of anilines is 2. The number of hydrogen-bond donors (Lipinski definition) is 3. The standard InChI is InChI=1S/C57H66ClF2N9O4/c1-3-42-46(59)9-7-39-30-41(70)32-43(48(39)42)50-49(60)51-44(33-62-50)52(68-21-4-13-55(2,72)34-68)64-54(63-51)73-36-57(16-17-57)35-66-28-26-65(27-29-66)23-12-38-10-14-56(15-11-38)18-24-67(25-19-56)53(71)40-6-8-45(58)47(31-40)69-22-5-20-61-37-69/h1,5-9,22,30-33,38,61,70,72H,4,10-21,23-29,34-37H2,2H3/t55-/m1/s1. The third-order valence-electron chi connectivity index (χ3n) is 17.0. The number of ether oxygens (including phenoxy) is 1. The van der Waals surface area contributed by atoms with Crippen molar-refractivity contribution >= 4 is 50.7 Å². The van der Waals surface area contributed by atoms with Gasteiger partial charge in [-0.25, -0.2) is 8.78 Å². The van der Waals surface area contributed by atoms with Crippen LogP contribution in [-0.4, -0.2) is 137 Å². The number of piperazine rings is 1. The van der Waals surface area contributed by atoms with Gasteiger partial charge in [-0.1, -0.05) is 29.7 Å². The van der Waals surface area contributed by atoms with Crippen molar-refractivity contribution in [2.45, 2.75) is 83.2 Å². The molecule has 2 saturated carbocycles. The molecule has 0 radical (unpaired) electrons. The maximum Gasteiger partial charge on any atom is 0.319 e. The Kier molecular flexibility index (Phi) is 13.7. The summed E-state index contributed by atoms with van der Waals surface area (Å²) < 4.78 is 38.6. The lowest BCUT2D eigenvalue weighted by Gasteiger charge is -2.46. The second kappa shape index (κ2) is 20.2. The SMILES string of the molecule is C#Cc1c(F)ccc2cc(O)cc(-c3ncc4c(N5CCC[C@@](C)(O)C5)nc(OCC5(CN6CCN(CCC7CCC8(CC7)CCN(C(=O)c7ccc(Cl)c(N9C=CCNC9)c7)CC8)CC6)CC5)nc4c3F)c12. The third kappa shape index (κ3) is 10.4. The number of piperidine rings is 2. The first kappa shape index (κ1) is 49.6. The molecule has 1 spiro atoms. The van der Waals surface area contributed by atoms with E-state index in [1.165, 1.54) is 62.6 Å². The molecule has 2 aliphatic carbocycles. The van der Waals surface area contributed by atoms with Gasteiger partial charge in [0.1, 0.15) is 28.6 Å². The minimum atomic E-state index is -0.974. The highest BCUT2D eigenvalue weighted by Gasteiger charge is 2.46. The number of benzene rings is 3. The monoisotopic (exact) mass is 1010 g/mol. The van der Waals surface area contributed by atoms with Gasteiger partial charge in [-0.15, -0.1) is 6.42 Å². The molecule has 5 fully saturated rings. The van der Waals surface area contributed by atoms with Gasteiger partial charge < -0.3 is 39.4 Å². The summed E-state index contributed by atoms with van der Waals surface area (Å²) in [6.07, 6.45) is 23.1. The number of phenols is 1. The first-order valence-corrected chi connectivity index (χ1v) is 26.7. The molecule has 0 unspecified atom stereocenters. The second-order valence-corrected chi connectivity index (χ2v) is 22.7. The zero-order valence-electron chi connectivity index (χ0n) is 41.8. The number of hydrogen-bond acceptors (Lipinski definition) is 12. The molecule has 6 heterocycles. The second-order valence-electron chi connectivity index (χ2n) is 22.3. The highest BCUT2D eigenvalue weighted by atomic mass is 35.5. The van der Waals surface area contributed by atoms with Gasteiger partial charge >= 0.3 is 6.01 Å². The number of rotatable bonds is 12. The van der Waals surface area contributed by atoms with Gasteiger partial charge in [-0.2, -0.15) is 9.97 Å². The Morgan fingerprint density at radius 1 is 0.959 bits per heavy atom. The summed E-state index contributed by atoms with van der Waals surface area (Å²) in [4.78, 5) is 38.9. The summed E-state index contributed by atoms with van der Waals surface area (Å²) in [5.41, 5.74) is 0.792. The maximum atomic E-state index is 17.1. The number of nitrogens with one attached hydrogen (secondary N) is 1. The number of pyridine rings is 1. The van der Waals surface area contributed by atoms with Gasteiger partial charge in [0.05, 0.1) is 40.5 Å². The Hall–Kier alpha value is -5.63. The lowest BCUT2D eigenvalue weighted by Crippen LogP contribution is -2.49. The molecule has 11 rings (SSSR count). The summed E-state index contributed by atoms with van der Waals surface area (Å²) in [6, 6.07) is 11.2. The van der Waals surface area contributed by atoms with Gasteiger partial charge in [-0.3, -0.25) is 15.1 Å². The molecule has 5 aromatic rings. The predicted molar refractivity (Wildman–Crippen MR) is 282 cm³/mol. The molecule has 1 amide bonds. The van der Waals surface area contributed by atoms with Crippen LogP contribution in [0.2, 0.25) is 5.02 Å². The van der Waals surface area contributed by atoms with E-state index in [1.807, 2.05) is 39.1 Å². The van der Waals surface area contributed by atoms with Gasteiger partial charge in [0.2, 0.25) is 0 Å². The lowest BCUT2D eigenvalue weighted by molar-refractivity contribution is 0.0372. The number of carbonyl (C=O) groups excluding carboxylic acids is 1. The molecule has 6 aliphatic rings. The Bertz CT molecular complexity index is 2970. The normalized spacial score (nSPS) is 22.5. The summed E-state index contributed by atoms with van der Waals surface area (Å²) in [7, 11) is 0. The van der Waals surface area contributed by atoms with Crippen LogP contribution in [-0.2, 0) is 0 Å². The van der Waals surface area contributed by atoms with Crippen molar-refractivity contribution in [3.8, 4) is 35.4 Å². The zero-order valence-corrected chi connectivity index (χ0v) is 42.6. The molecular formula is C57H66ClF2N9O4. The smallest absolute Gasteiger partial charge is 0.319 e. The Balaban J connectivity index is 0.685. The van der Waals surface area contributed by atoms with E-state index in [0.717, 1.165) is 96.2 Å². The molecule has 4 aliphatic heterocycles. The van der Waals surface area contributed by atoms with Crippen molar-refractivity contribution in [1.29, 1.82) is 0 Å². The third-order valence-corrected chi connectivity index (χ3v) is 17.3. The van der Waals surface area contributed by atoms with Crippen molar-refractivity contribution in [3.63, 3.8) is 0 Å².